The third kappa shape index (κ3) is 8.04. The van der Waals surface area contributed by atoms with Gasteiger partial charge in [-0.15, -0.1) is 0 Å². The van der Waals surface area contributed by atoms with Crippen molar-refractivity contribution in [3.05, 3.63) is 11.9 Å². The Hall–Kier alpha value is -0.580. The summed E-state index contributed by atoms with van der Waals surface area (Å²) in [5.74, 6) is 0.0269. The SMILES string of the molecule is CC(C)CNC(=O)OCC=C(F)CBr. The number of halogens is 2. The molecular formula is C9H15BrFNO2. The van der Waals surface area contributed by atoms with Crippen molar-refractivity contribution in [1.29, 1.82) is 0 Å². The van der Waals surface area contributed by atoms with Gasteiger partial charge in [0.25, 0.3) is 0 Å². The number of alkyl halides is 1. The summed E-state index contributed by atoms with van der Waals surface area (Å²) in [4.78, 5) is 10.9. The van der Waals surface area contributed by atoms with Crippen molar-refractivity contribution in [1.82, 2.24) is 5.32 Å². The number of amides is 1. The van der Waals surface area contributed by atoms with Crippen molar-refractivity contribution in [3.8, 4) is 0 Å². The van der Waals surface area contributed by atoms with Crippen LogP contribution >= 0.6 is 15.9 Å². The number of nitrogens with one attached hydrogen (secondary N) is 1. The van der Waals surface area contributed by atoms with E-state index >= 15 is 0 Å². The Labute approximate surface area is 91.8 Å². The molecule has 0 aliphatic carbocycles. The number of hydrogen-bond acceptors (Lipinski definition) is 2. The summed E-state index contributed by atoms with van der Waals surface area (Å²) in [5.41, 5.74) is 0. The molecule has 0 aliphatic rings. The average molecular weight is 268 g/mol. The number of rotatable bonds is 5. The topological polar surface area (TPSA) is 38.3 Å². The molecule has 0 rings (SSSR count). The molecule has 0 radical (unpaired) electrons. The maximum Gasteiger partial charge on any atom is 0.407 e. The Morgan fingerprint density at radius 1 is 1.64 bits per heavy atom. The van der Waals surface area contributed by atoms with E-state index in [2.05, 4.69) is 26.0 Å². The number of alkyl carbamates (subject to hydrolysis) is 1. The van der Waals surface area contributed by atoms with Crippen LogP contribution in [0.15, 0.2) is 11.9 Å². The lowest BCUT2D eigenvalue weighted by Gasteiger charge is -2.06. The van der Waals surface area contributed by atoms with E-state index in [1.165, 1.54) is 6.08 Å². The van der Waals surface area contributed by atoms with Gasteiger partial charge in [0.15, 0.2) is 0 Å². The molecule has 5 heteroatoms. The minimum Gasteiger partial charge on any atom is -0.445 e. The Balaban J connectivity index is 3.54. The van der Waals surface area contributed by atoms with Crippen LogP contribution < -0.4 is 5.32 Å². The summed E-state index contributed by atoms with van der Waals surface area (Å²) in [6.07, 6.45) is 0.696. The molecule has 0 heterocycles. The molecule has 0 spiro atoms. The quantitative estimate of drug-likeness (QED) is 0.778. The highest BCUT2D eigenvalue weighted by Crippen LogP contribution is 2.00. The van der Waals surface area contributed by atoms with Gasteiger partial charge in [-0.3, -0.25) is 0 Å². The van der Waals surface area contributed by atoms with Crippen molar-refractivity contribution in [2.24, 2.45) is 5.92 Å². The minimum absolute atomic E-state index is 0.0403. The standard InChI is InChI=1S/C9H15BrFNO2/c1-7(2)6-12-9(13)14-4-3-8(11)5-10/h3,7H,4-6H2,1-2H3,(H,12,13). The Bertz CT molecular complexity index is 207. The van der Waals surface area contributed by atoms with Crippen LogP contribution in [-0.2, 0) is 4.74 Å². The molecule has 0 fully saturated rings. The first-order valence-electron chi connectivity index (χ1n) is 4.37. The highest BCUT2D eigenvalue weighted by molar-refractivity contribution is 9.09. The van der Waals surface area contributed by atoms with Crippen molar-refractivity contribution >= 4 is 22.0 Å². The Morgan fingerprint density at radius 2 is 2.29 bits per heavy atom. The second-order valence-corrected chi connectivity index (χ2v) is 3.72. The molecule has 0 saturated heterocycles. The van der Waals surface area contributed by atoms with Gasteiger partial charge < -0.3 is 10.1 Å². The largest absolute Gasteiger partial charge is 0.445 e. The number of carbonyl (C=O) groups excluding carboxylic acids is 1. The molecule has 0 atom stereocenters. The molecule has 1 amide bonds. The summed E-state index contributed by atoms with van der Waals surface area (Å²) in [5, 5.41) is 2.69. The molecule has 0 aromatic carbocycles. The van der Waals surface area contributed by atoms with Gasteiger partial charge in [-0.1, -0.05) is 29.8 Å². The number of allylic oxidation sites excluding steroid dienone is 1. The molecule has 1 N–H and O–H groups in total. The van der Waals surface area contributed by atoms with Gasteiger partial charge in [0.2, 0.25) is 0 Å². The Morgan fingerprint density at radius 3 is 2.79 bits per heavy atom. The molecule has 0 aromatic rings. The number of carbonyl (C=O) groups is 1. The zero-order valence-corrected chi connectivity index (χ0v) is 9.93. The van der Waals surface area contributed by atoms with Crippen LogP contribution in [0.3, 0.4) is 0 Å². The molecule has 14 heavy (non-hydrogen) atoms. The fourth-order valence-electron chi connectivity index (χ4n) is 0.601. The fourth-order valence-corrected chi connectivity index (χ4v) is 0.830. The van der Waals surface area contributed by atoms with Crippen LogP contribution in [-0.4, -0.2) is 24.6 Å². The zero-order valence-electron chi connectivity index (χ0n) is 8.35. The molecule has 0 aliphatic heterocycles. The highest BCUT2D eigenvalue weighted by atomic mass is 79.9. The first-order valence-corrected chi connectivity index (χ1v) is 5.49. The van der Waals surface area contributed by atoms with Crippen LogP contribution in [0.25, 0.3) is 0 Å². The predicted molar refractivity (Wildman–Crippen MR) is 57.2 cm³/mol. The maximum absolute atomic E-state index is 12.5. The highest BCUT2D eigenvalue weighted by Gasteiger charge is 2.01. The van der Waals surface area contributed by atoms with Gasteiger partial charge in [0.1, 0.15) is 12.4 Å². The van der Waals surface area contributed by atoms with E-state index in [1.807, 2.05) is 13.8 Å². The van der Waals surface area contributed by atoms with Crippen molar-refractivity contribution < 1.29 is 13.9 Å². The molecule has 82 valence electrons. The summed E-state index contributed by atoms with van der Waals surface area (Å²) in [7, 11) is 0. The van der Waals surface area contributed by atoms with E-state index in [0.29, 0.717) is 12.5 Å². The second kappa shape index (κ2) is 7.79. The van der Waals surface area contributed by atoms with Gasteiger partial charge in [0.05, 0.1) is 5.33 Å². The van der Waals surface area contributed by atoms with Crippen molar-refractivity contribution in [2.75, 3.05) is 18.5 Å². The first kappa shape index (κ1) is 13.4. The molecule has 3 nitrogen and oxygen atoms in total. The van der Waals surface area contributed by atoms with Crippen LogP contribution in [0.1, 0.15) is 13.8 Å². The van der Waals surface area contributed by atoms with Crippen LogP contribution in [0.5, 0.6) is 0 Å². The normalized spacial score (nSPS) is 11.6. The summed E-state index contributed by atoms with van der Waals surface area (Å²) in [6, 6.07) is 0. The van der Waals surface area contributed by atoms with Gasteiger partial charge in [-0.25, -0.2) is 9.18 Å². The van der Waals surface area contributed by atoms with E-state index in [-0.39, 0.29) is 17.8 Å². The van der Waals surface area contributed by atoms with Crippen molar-refractivity contribution in [3.63, 3.8) is 0 Å². The monoisotopic (exact) mass is 267 g/mol. The fraction of sp³-hybridized carbons (Fsp3) is 0.667. The Kier molecular flexibility index (Phi) is 7.47. The minimum atomic E-state index is -0.516. The summed E-state index contributed by atoms with van der Waals surface area (Å²) < 4.78 is 17.2. The summed E-state index contributed by atoms with van der Waals surface area (Å²) >= 11 is 2.93. The van der Waals surface area contributed by atoms with Crippen LogP contribution in [0.4, 0.5) is 9.18 Å². The molecule has 0 bridgehead atoms. The van der Waals surface area contributed by atoms with Crippen LogP contribution in [0, 0.1) is 5.92 Å². The predicted octanol–water partition coefficient (Wildman–Crippen LogP) is 2.62. The molecule has 0 aromatic heterocycles. The number of hydrogen-bond donors (Lipinski definition) is 1. The third-order valence-electron chi connectivity index (χ3n) is 1.30. The molecule has 0 unspecified atom stereocenters. The van der Waals surface area contributed by atoms with E-state index in [0.717, 1.165) is 0 Å². The zero-order chi connectivity index (χ0) is 11.0. The second-order valence-electron chi connectivity index (χ2n) is 3.16. The van der Waals surface area contributed by atoms with E-state index in [4.69, 9.17) is 0 Å². The van der Waals surface area contributed by atoms with Gasteiger partial charge in [0, 0.05) is 6.54 Å². The van der Waals surface area contributed by atoms with Gasteiger partial charge in [-0.05, 0) is 12.0 Å². The van der Waals surface area contributed by atoms with E-state index in [1.54, 1.807) is 0 Å². The van der Waals surface area contributed by atoms with Crippen molar-refractivity contribution in [2.45, 2.75) is 13.8 Å². The molecular weight excluding hydrogens is 253 g/mol. The lowest BCUT2D eigenvalue weighted by Crippen LogP contribution is -2.28. The maximum atomic E-state index is 12.5. The average Bonchev–Trinajstić information content (AvgIpc) is 2.14. The van der Waals surface area contributed by atoms with E-state index in [9.17, 15) is 9.18 Å². The van der Waals surface area contributed by atoms with Gasteiger partial charge >= 0.3 is 6.09 Å². The smallest absolute Gasteiger partial charge is 0.407 e. The molecule has 0 saturated carbocycles. The van der Waals surface area contributed by atoms with E-state index < -0.39 is 6.09 Å². The van der Waals surface area contributed by atoms with Crippen LogP contribution in [0.2, 0.25) is 0 Å². The first-order chi connectivity index (χ1) is 6.56. The lowest BCUT2D eigenvalue weighted by atomic mass is 10.2. The third-order valence-corrected chi connectivity index (χ3v) is 1.84. The lowest BCUT2D eigenvalue weighted by molar-refractivity contribution is 0.156. The summed E-state index contributed by atoms with van der Waals surface area (Å²) in [6.45, 7) is 4.47. The number of ether oxygens (including phenoxy) is 1. The van der Waals surface area contributed by atoms with Gasteiger partial charge in [-0.2, -0.15) is 0 Å².